The van der Waals surface area contributed by atoms with Crippen LogP contribution in [0.3, 0.4) is 0 Å². The van der Waals surface area contributed by atoms with Crippen molar-refractivity contribution in [2.75, 3.05) is 6.79 Å². The number of hydrogen-bond donors (Lipinski definition) is 0. The number of carbonyl (C=O) groups excluding carboxylic acids is 1. The molecule has 1 amide bonds. The molecule has 0 saturated heterocycles. The van der Waals surface area contributed by atoms with Gasteiger partial charge in [0.25, 0.3) is 0 Å². The van der Waals surface area contributed by atoms with Crippen molar-refractivity contribution in [2.24, 2.45) is 0 Å². The molecular formula is C17H20N4O3. The Morgan fingerprint density at radius 1 is 1.29 bits per heavy atom. The average Bonchev–Trinajstić information content (AvgIpc) is 3.09. The highest BCUT2D eigenvalue weighted by Gasteiger charge is 2.32. The van der Waals surface area contributed by atoms with Gasteiger partial charge in [0.15, 0.2) is 11.5 Å². The largest absolute Gasteiger partial charge is 0.454 e. The molecule has 1 fully saturated rings. The van der Waals surface area contributed by atoms with Gasteiger partial charge in [0.1, 0.15) is 12.7 Å². The first kappa shape index (κ1) is 15.0. The predicted molar refractivity (Wildman–Crippen MR) is 85.4 cm³/mol. The number of rotatable bonds is 7. The van der Waals surface area contributed by atoms with Crippen molar-refractivity contribution in [3.8, 4) is 11.5 Å². The van der Waals surface area contributed by atoms with E-state index >= 15 is 0 Å². The monoisotopic (exact) mass is 328 g/mol. The first-order chi connectivity index (χ1) is 11.8. The molecule has 1 aliphatic carbocycles. The van der Waals surface area contributed by atoms with Crippen LogP contribution in [-0.2, 0) is 17.9 Å². The molecule has 0 unspecified atom stereocenters. The molecule has 7 nitrogen and oxygen atoms in total. The Morgan fingerprint density at radius 3 is 2.96 bits per heavy atom. The topological polar surface area (TPSA) is 69.5 Å². The molecule has 1 aromatic carbocycles. The summed E-state index contributed by atoms with van der Waals surface area (Å²) in [5.74, 6) is 1.74. The zero-order valence-corrected chi connectivity index (χ0v) is 13.4. The summed E-state index contributed by atoms with van der Waals surface area (Å²) in [4.78, 5) is 18.5. The van der Waals surface area contributed by atoms with E-state index in [1.54, 1.807) is 11.0 Å². The van der Waals surface area contributed by atoms with Crippen molar-refractivity contribution in [3.05, 3.63) is 36.4 Å². The molecule has 1 saturated carbocycles. The predicted octanol–water partition coefficient (Wildman–Crippen LogP) is 1.98. The number of fused-ring (bicyclic) bond motifs is 1. The number of carbonyl (C=O) groups is 1. The Kier molecular flexibility index (Phi) is 4.06. The van der Waals surface area contributed by atoms with Crippen LogP contribution < -0.4 is 9.47 Å². The molecular weight excluding hydrogens is 308 g/mol. The van der Waals surface area contributed by atoms with Gasteiger partial charge in [0.2, 0.25) is 12.7 Å². The minimum Gasteiger partial charge on any atom is -0.454 e. The third-order valence-electron chi connectivity index (χ3n) is 4.34. The normalized spacial score (nSPS) is 15.5. The number of amides is 1. The van der Waals surface area contributed by atoms with Gasteiger partial charge >= 0.3 is 0 Å². The summed E-state index contributed by atoms with van der Waals surface area (Å²) >= 11 is 0. The molecule has 126 valence electrons. The molecule has 1 aromatic heterocycles. The maximum Gasteiger partial charge on any atom is 0.231 e. The highest BCUT2D eigenvalue weighted by molar-refractivity contribution is 5.76. The molecule has 0 bridgehead atoms. The van der Waals surface area contributed by atoms with Crippen LogP contribution in [0.25, 0.3) is 0 Å². The summed E-state index contributed by atoms with van der Waals surface area (Å²) < 4.78 is 12.5. The summed E-state index contributed by atoms with van der Waals surface area (Å²) in [6.07, 6.45) is 6.68. The second-order valence-electron chi connectivity index (χ2n) is 6.20. The van der Waals surface area contributed by atoms with Crippen molar-refractivity contribution in [1.29, 1.82) is 0 Å². The van der Waals surface area contributed by atoms with E-state index < -0.39 is 0 Å². The maximum absolute atomic E-state index is 12.6. The smallest absolute Gasteiger partial charge is 0.231 e. The first-order valence-corrected chi connectivity index (χ1v) is 8.30. The van der Waals surface area contributed by atoms with Gasteiger partial charge in [0, 0.05) is 25.6 Å². The molecule has 24 heavy (non-hydrogen) atoms. The Morgan fingerprint density at radius 2 is 2.17 bits per heavy atom. The quantitative estimate of drug-likeness (QED) is 0.777. The van der Waals surface area contributed by atoms with Gasteiger partial charge < -0.3 is 14.4 Å². The van der Waals surface area contributed by atoms with E-state index in [9.17, 15) is 4.79 Å². The molecule has 2 heterocycles. The lowest BCUT2D eigenvalue weighted by atomic mass is 10.1. The van der Waals surface area contributed by atoms with E-state index in [1.807, 2.05) is 23.1 Å². The Balaban J connectivity index is 1.36. The lowest BCUT2D eigenvalue weighted by Gasteiger charge is -2.23. The van der Waals surface area contributed by atoms with Gasteiger partial charge in [-0.25, -0.2) is 4.98 Å². The van der Waals surface area contributed by atoms with Crippen molar-refractivity contribution in [1.82, 2.24) is 19.7 Å². The van der Waals surface area contributed by atoms with E-state index in [2.05, 4.69) is 10.1 Å². The number of nitrogens with zero attached hydrogens (tertiary/aromatic N) is 4. The molecule has 0 atom stereocenters. The van der Waals surface area contributed by atoms with Crippen LogP contribution in [-0.4, -0.2) is 38.4 Å². The minimum atomic E-state index is 0.204. The Hall–Kier alpha value is -2.57. The summed E-state index contributed by atoms with van der Waals surface area (Å²) in [5, 5.41) is 4.06. The molecule has 0 spiro atoms. The fraction of sp³-hybridized carbons (Fsp3) is 0.471. The minimum absolute atomic E-state index is 0.204. The van der Waals surface area contributed by atoms with Gasteiger partial charge in [-0.1, -0.05) is 6.07 Å². The highest BCUT2D eigenvalue weighted by Crippen LogP contribution is 2.34. The molecule has 0 radical (unpaired) electrons. The number of aromatic nitrogens is 3. The first-order valence-electron chi connectivity index (χ1n) is 8.30. The van der Waals surface area contributed by atoms with Gasteiger partial charge in [-0.3, -0.25) is 9.48 Å². The highest BCUT2D eigenvalue weighted by atomic mass is 16.7. The van der Waals surface area contributed by atoms with Crippen LogP contribution in [0.1, 0.15) is 31.2 Å². The Bertz CT molecular complexity index is 713. The molecule has 1 aliphatic heterocycles. The number of ether oxygens (including phenoxy) is 2. The third kappa shape index (κ3) is 3.34. The number of benzene rings is 1. The summed E-state index contributed by atoms with van der Waals surface area (Å²) in [5.41, 5.74) is 1.08. The molecule has 4 rings (SSSR count). The Labute approximate surface area is 140 Å². The SMILES string of the molecule is O=C(CCCn1cncn1)N(Cc1ccc2c(c1)OCO2)C1CC1. The van der Waals surface area contributed by atoms with E-state index in [1.165, 1.54) is 6.33 Å². The molecule has 0 N–H and O–H groups in total. The fourth-order valence-corrected chi connectivity index (χ4v) is 2.93. The van der Waals surface area contributed by atoms with Crippen LogP contribution in [0, 0.1) is 0 Å². The van der Waals surface area contributed by atoms with Gasteiger partial charge in [-0.2, -0.15) is 5.10 Å². The fourth-order valence-electron chi connectivity index (χ4n) is 2.93. The number of aryl methyl sites for hydroxylation is 1. The van der Waals surface area contributed by atoms with Crippen LogP contribution >= 0.6 is 0 Å². The maximum atomic E-state index is 12.6. The van der Waals surface area contributed by atoms with Crippen LogP contribution in [0.5, 0.6) is 11.5 Å². The second-order valence-corrected chi connectivity index (χ2v) is 6.20. The van der Waals surface area contributed by atoms with E-state index in [0.717, 1.165) is 36.3 Å². The van der Waals surface area contributed by atoms with Crippen molar-refractivity contribution in [2.45, 2.75) is 44.8 Å². The van der Waals surface area contributed by atoms with Crippen LogP contribution in [0.15, 0.2) is 30.9 Å². The van der Waals surface area contributed by atoms with E-state index in [4.69, 9.17) is 9.47 Å². The van der Waals surface area contributed by atoms with Crippen LogP contribution in [0.2, 0.25) is 0 Å². The summed E-state index contributed by atoms with van der Waals surface area (Å²) in [7, 11) is 0. The zero-order chi connectivity index (χ0) is 16.4. The van der Waals surface area contributed by atoms with Crippen molar-refractivity contribution in [3.63, 3.8) is 0 Å². The molecule has 7 heteroatoms. The molecule has 2 aliphatic rings. The van der Waals surface area contributed by atoms with Gasteiger partial charge in [0.05, 0.1) is 0 Å². The standard InChI is InChI=1S/C17H20N4O3/c22-17(2-1-7-20-11-18-10-19-20)21(14-4-5-14)9-13-3-6-15-16(8-13)24-12-23-15/h3,6,8,10-11,14H,1-2,4-5,7,9,12H2. The third-order valence-corrected chi connectivity index (χ3v) is 4.34. The van der Waals surface area contributed by atoms with Gasteiger partial charge in [-0.05, 0) is 37.0 Å². The van der Waals surface area contributed by atoms with Crippen molar-refractivity contribution >= 4 is 5.91 Å². The molecule has 2 aromatic rings. The van der Waals surface area contributed by atoms with Crippen molar-refractivity contribution < 1.29 is 14.3 Å². The lowest BCUT2D eigenvalue weighted by Crippen LogP contribution is -2.32. The average molecular weight is 328 g/mol. The zero-order valence-electron chi connectivity index (χ0n) is 13.4. The van der Waals surface area contributed by atoms with Crippen LogP contribution in [0.4, 0.5) is 0 Å². The number of hydrogen-bond acceptors (Lipinski definition) is 5. The summed E-state index contributed by atoms with van der Waals surface area (Å²) in [6.45, 7) is 1.62. The van der Waals surface area contributed by atoms with Gasteiger partial charge in [-0.15, -0.1) is 0 Å². The van der Waals surface area contributed by atoms with E-state index in [-0.39, 0.29) is 12.7 Å². The second kappa shape index (κ2) is 6.51. The summed E-state index contributed by atoms with van der Waals surface area (Å²) in [6, 6.07) is 6.28. The van der Waals surface area contributed by atoms with E-state index in [0.29, 0.717) is 25.6 Å². The lowest BCUT2D eigenvalue weighted by molar-refractivity contribution is -0.132.